The van der Waals surface area contributed by atoms with Crippen molar-refractivity contribution in [3.8, 4) is 0 Å². The van der Waals surface area contributed by atoms with Gasteiger partial charge in [0.15, 0.2) is 0 Å². The third-order valence-corrected chi connectivity index (χ3v) is 6.05. The van der Waals surface area contributed by atoms with Gasteiger partial charge < -0.3 is 49.6 Å². The van der Waals surface area contributed by atoms with E-state index in [0.29, 0.717) is 19.3 Å². The van der Waals surface area contributed by atoms with Crippen molar-refractivity contribution in [3.05, 3.63) is 0 Å². The van der Waals surface area contributed by atoms with Gasteiger partial charge in [-0.1, -0.05) is 19.3 Å². The third kappa shape index (κ3) is 3.76. The molecular formula is C17H28O12. The molecule has 0 aliphatic carbocycles. The lowest BCUT2D eigenvalue weighted by atomic mass is 9.73. The standard InChI is InChI=1S/C17H28O12/c18-6-14(7-19,16(10-22)26-12(24)27-16)4-2-1-3-5-15(8-20,9-21)17(11-23)28-13(25)29-17/h18-23H,1-11H2. The van der Waals surface area contributed by atoms with Gasteiger partial charge in [0.2, 0.25) is 0 Å². The Labute approximate surface area is 166 Å². The molecule has 0 bridgehead atoms. The van der Waals surface area contributed by atoms with Crippen LogP contribution < -0.4 is 0 Å². The van der Waals surface area contributed by atoms with Crippen LogP contribution in [0, 0.1) is 10.8 Å². The van der Waals surface area contributed by atoms with Crippen molar-refractivity contribution in [2.45, 2.75) is 43.7 Å². The Hall–Kier alpha value is -1.70. The molecule has 0 spiro atoms. The van der Waals surface area contributed by atoms with Crippen molar-refractivity contribution in [3.63, 3.8) is 0 Å². The SMILES string of the molecule is O=C1OC(CO)(C(CO)(CO)CCCCCC(CO)(CO)C2(CO)OC(=O)O2)O1. The average molecular weight is 424 g/mol. The van der Waals surface area contributed by atoms with E-state index in [0.717, 1.165) is 0 Å². The molecule has 0 aromatic carbocycles. The van der Waals surface area contributed by atoms with Crippen LogP contribution in [0.1, 0.15) is 32.1 Å². The quantitative estimate of drug-likeness (QED) is 0.141. The van der Waals surface area contributed by atoms with E-state index in [-0.39, 0.29) is 12.8 Å². The van der Waals surface area contributed by atoms with Gasteiger partial charge in [0.1, 0.15) is 13.2 Å². The summed E-state index contributed by atoms with van der Waals surface area (Å²) in [6.07, 6.45) is -0.497. The maximum absolute atomic E-state index is 11.1. The molecule has 2 fully saturated rings. The highest BCUT2D eigenvalue weighted by atomic mass is 16.9. The molecule has 0 amide bonds. The van der Waals surface area contributed by atoms with Gasteiger partial charge in [-0.05, 0) is 12.8 Å². The number of hydrogen-bond acceptors (Lipinski definition) is 12. The van der Waals surface area contributed by atoms with Crippen molar-refractivity contribution in [2.75, 3.05) is 39.6 Å². The number of cyclic esters (lactones) is 4. The zero-order valence-corrected chi connectivity index (χ0v) is 15.9. The molecule has 2 aliphatic rings. The summed E-state index contributed by atoms with van der Waals surface area (Å²) >= 11 is 0. The van der Waals surface area contributed by atoms with Crippen molar-refractivity contribution >= 4 is 12.3 Å². The van der Waals surface area contributed by atoms with E-state index in [9.17, 15) is 40.2 Å². The number of carbonyl (C=O) groups excluding carboxylic acids is 2. The maximum atomic E-state index is 11.1. The summed E-state index contributed by atoms with van der Waals surface area (Å²) in [5.74, 6) is -3.63. The summed E-state index contributed by atoms with van der Waals surface area (Å²) in [6.45, 7) is -3.89. The highest BCUT2D eigenvalue weighted by Gasteiger charge is 2.64. The molecule has 168 valence electrons. The number of hydrogen-bond donors (Lipinski definition) is 6. The molecule has 0 aromatic rings. The van der Waals surface area contributed by atoms with Crippen molar-refractivity contribution in [1.29, 1.82) is 0 Å². The zero-order chi connectivity index (χ0) is 21.8. The fraction of sp³-hybridized carbons (Fsp3) is 0.882. The van der Waals surface area contributed by atoms with E-state index in [2.05, 4.69) is 0 Å². The van der Waals surface area contributed by atoms with Gasteiger partial charge in [-0.2, -0.15) is 0 Å². The van der Waals surface area contributed by atoms with E-state index in [4.69, 9.17) is 18.9 Å². The predicted molar refractivity (Wildman–Crippen MR) is 91.1 cm³/mol. The Morgan fingerprint density at radius 2 is 0.897 bits per heavy atom. The van der Waals surface area contributed by atoms with Crippen LogP contribution in [-0.2, 0) is 18.9 Å². The highest BCUT2D eigenvalue weighted by molar-refractivity contribution is 5.66. The summed E-state index contributed by atoms with van der Waals surface area (Å²) in [4.78, 5) is 22.1. The molecule has 2 aliphatic heterocycles. The predicted octanol–water partition coefficient (Wildman–Crippen LogP) is -1.41. The molecule has 2 rings (SSSR count). The molecule has 0 aromatic heterocycles. The normalized spacial score (nSPS) is 19.9. The van der Waals surface area contributed by atoms with Crippen molar-refractivity contribution in [1.82, 2.24) is 0 Å². The molecule has 0 radical (unpaired) electrons. The van der Waals surface area contributed by atoms with Crippen LogP contribution in [0.2, 0.25) is 0 Å². The Bertz CT molecular complexity index is 517. The highest BCUT2D eigenvalue weighted by Crippen LogP contribution is 2.47. The minimum absolute atomic E-state index is 0.135. The Morgan fingerprint density at radius 3 is 1.10 bits per heavy atom. The van der Waals surface area contributed by atoms with E-state index in [1.807, 2.05) is 0 Å². The molecule has 12 heteroatoms. The third-order valence-electron chi connectivity index (χ3n) is 6.05. The smallest absolute Gasteiger partial charge is 0.395 e. The van der Waals surface area contributed by atoms with Crippen LogP contribution >= 0.6 is 0 Å². The zero-order valence-electron chi connectivity index (χ0n) is 15.9. The Balaban J connectivity index is 1.94. The van der Waals surface area contributed by atoms with Crippen LogP contribution in [0.25, 0.3) is 0 Å². The number of rotatable bonds is 14. The number of carbonyl (C=O) groups is 2. The van der Waals surface area contributed by atoms with Gasteiger partial charge in [-0.25, -0.2) is 9.59 Å². The number of aliphatic hydroxyl groups excluding tert-OH is 6. The molecular weight excluding hydrogens is 396 g/mol. The largest absolute Gasteiger partial charge is 0.515 e. The average Bonchev–Trinajstić information content (AvgIpc) is 2.69. The molecule has 12 nitrogen and oxygen atoms in total. The second-order valence-corrected chi connectivity index (χ2v) is 7.48. The second-order valence-electron chi connectivity index (χ2n) is 7.48. The lowest BCUT2D eigenvalue weighted by Crippen LogP contribution is -2.66. The van der Waals surface area contributed by atoms with E-state index in [1.54, 1.807) is 0 Å². The first kappa shape index (κ1) is 23.6. The molecule has 0 saturated carbocycles. The summed E-state index contributed by atoms with van der Waals surface area (Å²) in [5, 5.41) is 58.1. The van der Waals surface area contributed by atoms with E-state index >= 15 is 0 Å². The van der Waals surface area contributed by atoms with Gasteiger partial charge in [0, 0.05) is 0 Å². The fourth-order valence-corrected chi connectivity index (χ4v) is 3.83. The van der Waals surface area contributed by atoms with Crippen LogP contribution in [0.4, 0.5) is 9.59 Å². The van der Waals surface area contributed by atoms with E-state index < -0.39 is 74.4 Å². The van der Waals surface area contributed by atoms with Gasteiger partial charge in [-0.15, -0.1) is 0 Å². The molecule has 0 unspecified atom stereocenters. The van der Waals surface area contributed by atoms with E-state index in [1.165, 1.54) is 0 Å². The Kier molecular flexibility index (Phi) is 7.30. The summed E-state index contributed by atoms with van der Waals surface area (Å²) in [5.41, 5.74) is -2.83. The number of unbranched alkanes of at least 4 members (excludes halogenated alkanes) is 2. The monoisotopic (exact) mass is 424 g/mol. The molecule has 6 N–H and O–H groups in total. The first-order valence-electron chi connectivity index (χ1n) is 9.27. The lowest BCUT2D eigenvalue weighted by molar-refractivity contribution is -0.354. The van der Waals surface area contributed by atoms with Gasteiger partial charge in [0.05, 0.1) is 37.3 Å². The number of ether oxygens (including phenoxy) is 4. The summed E-state index contributed by atoms with van der Waals surface area (Å²) < 4.78 is 19.5. The number of aliphatic hydroxyl groups is 6. The molecule has 0 atom stereocenters. The van der Waals surface area contributed by atoms with Crippen LogP contribution in [0.15, 0.2) is 0 Å². The lowest BCUT2D eigenvalue weighted by Gasteiger charge is -2.50. The minimum atomic E-state index is -1.82. The first-order chi connectivity index (χ1) is 13.8. The maximum Gasteiger partial charge on any atom is 0.515 e. The van der Waals surface area contributed by atoms with Crippen molar-refractivity contribution in [2.24, 2.45) is 10.8 Å². The topological polar surface area (TPSA) is 192 Å². The first-order valence-corrected chi connectivity index (χ1v) is 9.27. The van der Waals surface area contributed by atoms with Crippen LogP contribution in [0.5, 0.6) is 0 Å². The fourth-order valence-electron chi connectivity index (χ4n) is 3.83. The van der Waals surface area contributed by atoms with Crippen LogP contribution in [0.3, 0.4) is 0 Å². The molecule has 2 heterocycles. The van der Waals surface area contributed by atoms with Gasteiger partial charge in [-0.3, -0.25) is 0 Å². The summed E-state index contributed by atoms with van der Waals surface area (Å²) in [6, 6.07) is 0. The van der Waals surface area contributed by atoms with Gasteiger partial charge >= 0.3 is 12.3 Å². The second kappa shape index (κ2) is 8.98. The molecule has 2 saturated heterocycles. The van der Waals surface area contributed by atoms with Crippen LogP contribution in [-0.4, -0.2) is 94.2 Å². The van der Waals surface area contributed by atoms with Crippen molar-refractivity contribution < 1.29 is 59.2 Å². The minimum Gasteiger partial charge on any atom is -0.395 e. The molecule has 29 heavy (non-hydrogen) atoms. The van der Waals surface area contributed by atoms with Gasteiger partial charge in [0.25, 0.3) is 11.6 Å². The Morgan fingerprint density at radius 1 is 0.586 bits per heavy atom. The summed E-state index contributed by atoms with van der Waals surface area (Å²) in [7, 11) is 0.